The number of carbonyl (C=O) groups is 2. The van der Waals surface area contributed by atoms with Crippen LogP contribution in [0.3, 0.4) is 0 Å². The van der Waals surface area contributed by atoms with Crippen molar-refractivity contribution in [2.24, 2.45) is 0 Å². The van der Waals surface area contributed by atoms with Crippen LogP contribution in [0.1, 0.15) is 48.0 Å². The highest BCUT2D eigenvalue weighted by molar-refractivity contribution is 6.17. The van der Waals surface area contributed by atoms with Gasteiger partial charge in [-0.3, -0.25) is 19.4 Å². The molecule has 0 radical (unpaired) electrons. The molecule has 1 atom stereocenters. The lowest BCUT2D eigenvalue weighted by Crippen LogP contribution is -2.39. The second kappa shape index (κ2) is 9.79. The van der Waals surface area contributed by atoms with E-state index in [-0.39, 0.29) is 18.4 Å². The Balaban J connectivity index is 1.53. The summed E-state index contributed by atoms with van der Waals surface area (Å²) in [6, 6.07) is 9.70. The minimum absolute atomic E-state index is 0.0942. The van der Waals surface area contributed by atoms with E-state index in [4.69, 9.17) is 0 Å². The lowest BCUT2D eigenvalue weighted by atomic mass is 10.1. The number of aromatic nitrogens is 1. The normalized spacial score (nSPS) is 19.1. The quantitative estimate of drug-likeness (QED) is 0.773. The number of rotatable bonds is 5. The van der Waals surface area contributed by atoms with Crippen molar-refractivity contribution in [2.45, 2.75) is 45.1 Å². The molecule has 1 aromatic heterocycles. The van der Waals surface area contributed by atoms with E-state index in [1.807, 2.05) is 32.2 Å². The Labute approximate surface area is 190 Å². The van der Waals surface area contributed by atoms with Gasteiger partial charge in [0.05, 0.1) is 23.5 Å². The van der Waals surface area contributed by atoms with Crippen molar-refractivity contribution in [2.75, 3.05) is 43.9 Å². The Morgan fingerprint density at radius 1 is 1.25 bits per heavy atom. The van der Waals surface area contributed by atoms with E-state index in [1.54, 1.807) is 23.2 Å². The van der Waals surface area contributed by atoms with Gasteiger partial charge in [-0.05, 0) is 77.6 Å². The zero-order valence-corrected chi connectivity index (χ0v) is 19.3. The predicted molar refractivity (Wildman–Crippen MR) is 128 cm³/mol. The van der Waals surface area contributed by atoms with Crippen molar-refractivity contribution in [3.8, 4) is 0 Å². The van der Waals surface area contributed by atoms with Crippen molar-refractivity contribution >= 4 is 29.0 Å². The molecule has 1 aromatic carbocycles. The molecule has 0 aliphatic carbocycles. The summed E-state index contributed by atoms with van der Waals surface area (Å²) in [5.41, 5.74) is 2.57. The Morgan fingerprint density at radius 2 is 2.09 bits per heavy atom. The zero-order chi connectivity index (χ0) is 22.7. The van der Waals surface area contributed by atoms with E-state index in [2.05, 4.69) is 27.1 Å². The van der Waals surface area contributed by atoms with Crippen molar-refractivity contribution in [1.82, 2.24) is 14.8 Å². The number of hydrogen-bond acceptors (Lipinski definition) is 5. The molecular weight excluding hydrogens is 402 g/mol. The molecule has 0 saturated carbocycles. The van der Waals surface area contributed by atoms with Crippen LogP contribution >= 0.6 is 0 Å². The van der Waals surface area contributed by atoms with Gasteiger partial charge in [0.2, 0.25) is 5.91 Å². The van der Waals surface area contributed by atoms with Crippen molar-refractivity contribution in [3.05, 3.63) is 47.7 Å². The van der Waals surface area contributed by atoms with Gasteiger partial charge in [-0.2, -0.15) is 0 Å². The van der Waals surface area contributed by atoms with Gasteiger partial charge >= 0.3 is 0 Å². The van der Waals surface area contributed by atoms with E-state index in [9.17, 15) is 9.59 Å². The topological polar surface area (TPSA) is 68.8 Å². The van der Waals surface area contributed by atoms with Crippen molar-refractivity contribution < 1.29 is 9.59 Å². The number of amides is 2. The second-order valence-electron chi connectivity index (χ2n) is 9.09. The number of likely N-dealkylation sites (N-methyl/N-ethyl adjacent to an activating group) is 1. The maximum atomic E-state index is 13.5. The van der Waals surface area contributed by atoms with Crippen LogP contribution in [0.2, 0.25) is 0 Å². The van der Waals surface area contributed by atoms with E-state index in [0.717, 1.165) is 25.1 Å². The van der Waals surface area contributed by atoms with Crippen LogP contribution in [0.5, 0.6) is 0 Å². The molecule has 1 unspecified atom stereocenters. The first-order chi connectivity index (χ1) is 15.4. The SMILES string of the molecule is Cc1ccc2c(c1)C(=O)Nc1cccnc1N2C(=O)CN(C)CCC1CCCCCN1C. The van der Waals surface area contributed by atoms with Crippen LogP contribution in [0, 0.1) is 6.92 Å². The first-order valence-corrected chi connectivity index (χ1v) is 11.5. The molecule has 0 bridgehead atoms. The third-order valence-electron chi connectivity index (χ3n) is 6.55. The fourth-order valence-corrected chi connectivity index (χ4v) is 4.69. The van der Waals surface area contributed by atoms with Gasteiger partial charge in [0.15, 0.2) is 5.82 Å². The molecule has 170 valence electrons. The van der Waals surface area contributed by atoms with E-state index in [1.165, 1.54) is 25.7 Å². The maximum Gasteiger partial charge on any atom is 0.257 e. The summed E-state index contributed by atoms with van der Waals surface area (Å²) < 4.78 is 0. The number of aryl methyl sites for hydroxylation is 1. The van der Waals surface area contributed by atoms with Crippen LogP contribution in [-0.4, -0.2) is 66.4 Å². The van der Waals surface area contributed by atoms with Gasteiger partial charge < -0.3 is 10.2 Å². The van der Waals surface area contributed by atoms with E-state index in [0.29, 0.717) is 28.8 Å². The van der Waals surface area contributed by atoms with Crippen molar-refractivity contribution in [3.63, 3.8) is 0 Å². The lowest BCUT2D eigenvalue weighted by molar-refractivity contribution is -0.118. The zero-order valence-electron chi connectivity index (χ0n) is 19.3. The molecule has 32 heavy (non-hydrogen) atoms. The predicted octanol–water partition coefficient (Wildman–Crippen LogP) is 3.82. The third kappa shape index (κ3) is 4.84. The minimum atomic E-state index is -0.224. The number of benzene rings is 1. The fraction of sp³-hybridized carbons (Fsp3) is 0.480. The molecule has 1 fully saturated rings. The van der Waals surface area contributed by atoms with E-state index < -0.39 is 0 Å². The monoisotopic (exact) mass is 435 g/mol. The Hall–Kier alpha value is -2.77. The number of likely N-dealkylation sites (tertiary alicyclic amines) is 1. The lowest BCUT2D eigenvalue weighted by Gasteiger charge is -2.29. The summed E-state index contributed by atoms with van der Waals surface area (Å²) in [6.45, 7) is 4.20. The number of anilines is 3. The molecule has 1 N–H and O–H groups in total. The standard InChI is InChI=1S/C25H33N5O2/c1-18-10-11-22-20(16-18)25(32)27-21-9-7-13-26-24(21)30(22)23(31)17-28(2)15-12-19-8-5-4-6-14-29(19)3/h7,9-11,13,16,19H,4-6,8,12,14-15,17H2,1-3H3,(H,27,32). The van der Waals surface area contributed by atoms with Gasteiger partial charge in [-0.1, -0.05) is 24.5 Å². The minimum Gasteiger partial charge on any atom is -0.319 e. The molecule has 2 amide bonds. The van der Waals surface area contributed by atoms with Gasteiger partial charge in [-0.25, -0.2) is 4.98 Å². The van der Waals surface area contributed by atoms with Crippen LogP contribution < -0.4 is 10.2 Å². The van der Waals surface area contributed by atoms with Crippen LogP contribution in [0.15, 0.2) is 36.5 Å². The summed E-state index contributed by atoms with van der Waals surface area (Å²) in [5, 5.41) is 2.91. The molecule has 3 heterocycles. The first-order valence-electron chi connectivity index (χ1n) is 11.5. The van der Waals surface area contributed by atoms with Crippen molar-refractivity contribution in [1.29, 1.82) is 0 Å². The molecule has 4 rings (SSSR count). The Kier molecular flexibility index (Phi) is 6.86. The van der Waals surface area contributed by atoms with Crippen LogP contribution in [0.4, 0.5) is 17.2 Å². The summed E-state index contributed by atoms with van der Waals surface area (Å²) in [7, 11) is 4.20. The van der Waals surface area contributed by atoms with E-state index >= 15 is 0 Å². The molecule has 7 heteroatoms. The summed E-state index contributed by atoms with van der Waals surface area (Å²) in [6.07, 6.45) is 7.78. The number of nitrogens with zero attached hydrogens (tertiary/aromatic N) is 4. The molecule has 2 aliphatic rings. The van der Waals surface area contributed by atoms with Crippen LogP contribution in [-0.2, 0) is 4.79 Å². The molecule has 7 nitrogen and oxygen atoms in total. The molecule has 0 spiro atoms. The molecule has 2 aliphatic heterocycles. The summed E-state index contributed by atoms with van der Waals surface area (Å²) in [4.78, 5) is 37.0. The largest absolute Gasteiger partial charge is 0.319 e. The van der Waals surface area contributed by atoms with Gasteiger partial charge in [0, 0.05) is 12.2 Å². The number of hydrogen-bond donors (Lipinski definition) is 1. The first kappa shape index (κ1) is 22.4. The highest BCUT2D eigenvalue weighted by Crippen LogP contribution is 2.36. The fourth-order valence-electron chi connectivity index (χ4n) is 4.69. The number of carbonyl (C=O) groups excluding carboxylic acids is 2. The van der Waals surface area contributed by atoms with Gasteiger partial charge in [-0.15, -0.1) is 0 Å². The summed E-state index contributed by atoms with van der Waals surface area (Å²) >= 11 is 0. The molecular formula is C25H33N5O2. The highest BCUT2D eigenvalue weighted by atomic mass is 16.2. The third-order valence-corrected chi connectivity index (χ3v) is 6.55. The highest BCUT2D eigenvalue weighted by Gasteiger charge is 2.31. The number of nitrogens with one attached hydrogen (secondary N) is 1. The summed E-state index contributed by atoms with van der Waals surface area (Å²) in [5.74, 6) is 0.145. The second-order valence-corrected chi connectivity index (χ2v) is 9.09. The van der Waals surface area contributed by atoms with Gasteiger partial charge in [0.1, 0.15) is 0 Å². The smallest absolute Gasteiger partial charge is 0.257 e. The maximum absolute atomic E-state index is 13.5. The molecule has 2 aromatic rings. The number of fused-ring (bicyclic) bond motifs is 2. The average Bonchev–Trinajstić information content (AvgIpc) is 3.04. The van der Waals surface area contributed by atoms with Crippen LogP contribution in [0.25, 0.3) is 0 Å². The van der Waals surface area contributed by atoms with Gasteiger partial charge in [0.25, 0.3) is 5.91 Å². The molecule has 1 saturated heterocycles. The average molecular weight is 436 g/mol. The Bertz CT molecular complexity index is 992. The number of pyridine rings is 1. The Morgan fingerprint density at radius 3 is 2.94 bits per heavy atom.